The highest BCUT2D eigenvalue weighted by molar-refractivity contribution is 7.93. The van der Waals surface area contributed by atoms with Crippen LogP contribution in [0.15, 0.2) is 24.3 Å². The SMILES string of the molecule is CCOCC1CCS(=O)(=O)C12CN(C(=O)CCc1ccccc1C)C2. The van der Waals surface area contributed by atoms with Gasteiger partial charge in [0.05, 0.1) is 12.4 Å². The molecule has 0 N–H and O–H groups in total. The van der Waals surface area contributed by atoms with E-state index in [1.54, 1.807) is 4.90 Å². The fourth-order valence-electron chi connectivity index (χ4n) is 4.03. The first-order valence-corrected chi connectivity index (χ1v) is 10.7. The lowest BCUT2D eigenvalue weighted by Gasteiger charge is -2.50. The van der Waals surface area contributed by atoms with E-state index < -0.39 is 14.6 Å². The summed E-state index contributed by atoms with van der Waals surface area (Å²) in [5.41, 5.74) is 2.36. The molecule has 2 heterocycles. The normalized spacial score (nSPS) is 23.6. The van der Waals surface area contributed by atoms with E-state index >= 15 is 0 Å². The third-order valence-electron chi connectivity index (χ3n) is 5.76. The monoisotopic (exact) mass is 365 g/mol. The summed E-state index contributed by atoms with van der Waals surface area (Å²) in [4.78, 5) is 14.2. The summed E-state index contributed by atoms with van der Waals surface area (Å²) in [5.74, 6) is 0.278. The zero-order chi connectivity index (χ0) is 18.1. The lowest BCUT2D eigenvalue weighted by atomic mass is 9.83. The topological polar surface area (TPSA) is 63.7 Å². The average Bonchev–Trinajstić information content (AvgIpc) is 2.81. The van der Waals surface area contributed by atoms with Crippen LogP contribution in [-0.2, 0) is 25.8 Å². The molecule has 1 aromatic carbocycles. The van der Waals surface area contributed by atoms with Crippen molar-refractivity contribution in [1.82, 2.24) is 4.90 Å². The van der Waals surface area contributed by atoms with Crippen molar-refractivity contribution >= 4 is 15.7 Å². The Morgan fingerprint density at radius 1 is 1.32 bits per heavy atom. The molecule has 2 aliphatic heterocycles. The highest BCUT2D eigenvalue weighted by Crippen LogP contribution is 2.45. The predicted octanol–water partition coefficient (Wildman–Crippen LogP) is 1.98. The maximum atomic E-state index is 12.5. The third-order valence-corrected chi connectivity index (χ3v) is 8.36. The first-order chi connectivity index (χ1) is 11.9. The maximum absolute atomic E-state index is 12.5. The van der Waals surface area contributed by atoms with Gasteiger partial charge in [0, 0.05) is 32.0 Å². The van der Waals surface area contributed by atoms with Gasteiger partial charge in [-0.3, -0.25) is 4.79 Å². The average molecular weight is 365 g/mol. The summed E-state index contributed by atoms with van der Waals surface area (Å²) in [7, 11) is -3.14. The molecular weight excluding hydrogens is 338 g/mol. The van der Waals surface area contributed by atoms with Crippen LogP contribution >= 0.6 is 0 Å². The van der Waals surface area contributed by atoms with Gasteiger partial charge in [-0.05, 0) is 37.8 Å². The number of likely N-dealkylation sites (tertiary alicyclic amines) is 1. The number of hydrogen-bond acceptors (Lipinski definition) is 4. The molecule has 0 radical (unpaired) electrons. The second kappa shape index (κ2) is 7.08. The number of rotatable bonds is 6. The van der Waals surface area contributed by atoms with Crippen molar-refractivity contribution in [2.24, 2.45) is 5.92 Å². The van der Waals surface area contributed by atoms with Crippen LogP contribution in [0.1, 0.15) is 30.9 Å². The zero-order valence-electron chi connectivity index (χ0n) is 15.0. The van der Waals surface area contributed by atoms with E-state index in [1.165, 1.54) is 11.1 Å². The fourth-order valence-corrected chi connectivity index (χ4v) is 6.43. The number of carbonyl (C=O) groups is 1. The molecule has 3 rings (SSSR count). The Labute approximate surface area is 150 Å². The number of carbonyl (C=O) groups excluding carboxylic acids is 1. The smallest absolute Gasteiger partial charge is 0.223 e. The minimum absolute atomic E-state index is 0.0119. The summed E-state index contributed by atoms with van der Waals surface area (Å²) < 4.78 is 29.8. The predicted molar refractivity (Wildman–Crippen MR) is 97.2 cm³/mol. The molecule has 1 atom stereocenters. The van der Waals surface area contributed by atoms with Gasteiger partial charge in [0.15, 0.2) is 9.84 Å². The quantitative estimate of drug-likeness (QED) is 0.773. The molecule has 1 amide bonds. The largest absolute Gasteiger partial charge is 0.381 e. The van der Waals surface area contributed by atoms with Crippen LogP contribution in [-0.4, -0.2) is 56.0 Å². The lowest BCUT2D eigenvalue weighted by molar-refractivity contribution is -0.137. The number of sulfone groups is 1. The van der Waals surface area contributed by atoms with Gasteiger partial charge in [-0.25, -0.2) is 8.42 Å². The van der Waals surface area contributed by atoms with Crippen molar-refractivity contribution in [3.63, 3.8) is 0 Å². The summed E-state index contributed by atoms with van der Waals surface area (Å²) >= 11 is 0. The number of aryl methyl sites for hydroxylation is 2. The molecule has 0 saturated carbocycles. The summed E-state index contributed by atoms with van der Waals surface area (Å²) in [6.07, 6.45) is 1.77. The molecule has 2 aliphatic rings. The summed E-state index contributed by atoms with van der Waals surface area (Å²) in [6, 6.07) is 8.06. The molecule has 1 spiro atoms. The molecule has 0 bridgehead atoms. The van der Waals surface area contributed by atoms with Gasteiger partial charge in [-0.15, -0.1) is 0 Å². The number of benzene rings is 1. The van der Waals surface area contributed by atoms with E-state index in [2.05, 4.69) is 0 Å². The Kier molecular flexibility index (Phi) is 5.21. The minimum atomic E-state index is -3.14. The van der Waals surface area contributed by atoms with Crippen molar-refractivity contribution in [2.45, 2.75) is 37.9 Å². The molecule has 1 unspecified atom stereocenters. The van der Waals surface area contributed by atoms with Gasteiger partial charge in [-0.2, -0.15) is 0 Å². The molecule has 0 aromatic heterocycles. The van der Waals surface area contributed by atoms with Crippen LogP contribution in [0.4, 0.5) is 0 Å². The van der Waals surface area contributed by atoms with Crippen LogP contribution in [0.2, 0.25) is 0 Å². The standard InChI is InChI=1S/C19H27NO4S/c1-3-24-12-17-10-11-25(22,23)19(17)13-20(14-19)18(21)9-8-16-7-5-4-6-15(16)2/h4-7,17H,3,8-14H2,1-2H3. The molecular formula is C19H27NO4S. The van der Waals surface area contributed by atoms with Gasteiger partial charge in [0.25, 0.3) is 0 Å². The fraction of sp³-hybridized carbons (Fsp3) is 0.632. The van der Waals surface area contributed by atoms with Crippen molar-refractivity contribution < 1.29 is 17.9 Å². The Morgan fingerprint density at radius 2 is 2.04 bits per heavy atom. The lowest BCUT2D eigenvalue weighted by Crippen LogP contribution is -2.68. The molecule has 1 aromatic rings. The summed E-state index contributed by atoms with van der Waals surface area (Å²) in [5, 5.41) is 0. The van der Waals surface area contributed by atoms with Crippen molar-refractivity contribution in [3.05, 3.63) is 35.4 Å². The molecule has 0 aliphatic carbocycles. The van der Waals surface area contributed by atoms with Crippen LogP contribution in [0.25, 0.3) is 0 Å². The van der Waals surface area contributed by atoms with Gasteiger partial charge >= 0.3 is 0 Å². The van der Waals surface area contributed by atoms with Gasteiger partial charge in [0.2, 0.25) is 5.91 Å². The van der Waals surface area contributed by atoms with Gasteiger partial charge in [-0.1, -0.05) is 24.3 Å². The molecule has 138 valence electrons. The van der Waals surface area contributed by atoms with Gasteiger partial charge in [0.1, 0.15) is 4.75 Å². The summed E-state index contributed by atoms with van der Waals surface area (Å²) in [6.45, 7) is 5.69. The van der Waals surface area contributed by atoms with Gasteiger partial charge < -0.3 is 9.64 Å². The Morgan fingerprint density at radius 3 is 2.72 bits per heavy atom. The van der Waals surface area contributed by atoms with E-state index in [-0.39, 0.29) is 17.6 Å². The molecule has 2 fully saturated rings. The highest BCUT2D eigenvalue weighted by atomic mass is 32.2. The van der Waals surface area contributed by atoms with E-state index in [0.29, 0.717) is 45.6 Å². The highest BCUT2D eigenvalue weighted by Gasteiger charge is 2.62. The first kappa shape index (κ1) is 18.4. The van der Waals surface area contributed by atoms with Crippen molar-refractivity contribution in [3.8, 4) is 0 Å². The molecule has 6 heteroatoms. The maximum Gasteiger partial charge on any atom is 0.223 e. The van der Waals surface area contributed by atoms with E-state index in [0.717, 1.165) is 0 Å². The number of amides is 1. The second-order valence-electron chi connectivity index (χ2n) is 7.20. The zero-order valence-corrected chi connectivity index (χ0v) is 15.8. The van der Waals surface area contributed by atoms with Crippen molar-refractivity contribution in [1.29, 1.82) is 0 Å². The molecule has 2 saturated heterocycles. The number of nitrogens with zero attached hydrogens (tertiary/aromatic N) is 1. The molecule has 25 heavy (non-hydrogen) atoms. The van der Waals surface area contributed by atoms with E-state index in [1.807, 2.05) is 38.1 Å². The Balaban J connectivity index is 1.60. The third kappa shape index (κ3) is 3.34. The molecule has 5 nitrogen and oxygen atoms in total. The van der Waals surface area contributed by atoms with E-state index in [9.17, 15) is 13.2 Å². The van der Waals surface area contributed by atoms with E-state index in [4.69, 9.17) is 4.74 Å². The van der Waals surface area contributed by atoms with Crippen LogP contribution in [0, 0.1) is 12.8 Å². The van der Waals surface area contributed by atoms with Crippen LogP contribution < -0.4 is 0 Å². The number of hydrogen-bond donors (Lipinski definition) is 0. The Hall–Kier alpha value is -1.40. The second-order valence-corrected chi connectivity index (χ2v) is 9.66. The van der Waals surface area contributed by atoms with Crippen LogP contribution in [0.3, 0.4) is 0 Å². The van der Waals surface area contributed by atoms with Crippen LogP contribution in [0.5, 0.6) is 0 Å². The minimum Gasteiger partial charge on any atom is -0.381 e. The number of ether oxygens (including phenoxy) is 1. The first-order valence-electron chi connectivity index (χ1n) is 9.02. The Bertz CT molecular complexity index is 738. The van der Waals surface area contributed by atoms with Crippen molar-refractivity contribution in [2.75, 3.05) is 32.1 Å².